The summed E-state index contributed by atoms with van der Waals surface area (Å²) in [5, 5.41) is 2.95. The normalized spacial score (nSPS) is 10.6. The number of amides is 1. The van der Waals surface area contributed by atoms with E-state index in [9.17, 15) is 4.79 Å². The van der Waals surface area contributed by atoms with E-state index in [0.29, 0.717) is 19.4 Å². The number of nitrogens with one attached hydrogen (secondary N) is 1. The lowest BCUT2D eigenvalue weighted by atomic mass is 10.2. The molecule has 1 N–H and O–H groups in total. The number of fused-ring (bicyclic) bond motifs is 1. The number of rotatable bonds is 7. The molecule has 0 fully saturated rings. The van der Waals surface area contributed by atoms with Crippen LogP contribution in [0, 0.1) is 6.92 Å². The van der Waals surface area contributed by atoms with Crippen molar-refractivity contribution in [3.05, 3.63) is 54.5 Å². The molecular formula is C19H21N3O3. The van der Waals surface area contributed by atoms with E-state index in [1.165, 1.54) is 0 Å². The standard InChI is InChI=1S/C19H21N3O3/c1-14-17(9-10-18-20-11-12-22(14)18)21-19(23)4-3-13-25-16-7-5-15(24-2)6-8-16/h5-12H,3-4,13H2,1-2H3,(H,21,23). The second-order valence-corrected chi connectivity index (χ2v) is 5.66. The van der Waals surface area contributed by atoms with Crippen LogP contribution in [0.15, 0.2) is 48.8 Å². The van der Waals surface area contributed by atoms with Crippen LogP contribution in [0.2, 0.25) is 0 Å². The molecule has 25 heavy (non-hydrogen) atoms. The minimum atomic E-state index is -0.0269. The van der Waals surface area contributed by atoms with Gasteiger partial charge in [-0.15, -0.1) is 0 Å². The molecule has 6 heteroatoms. The lowest BCUT2D eigenvalue weighted by Gasteiger charge is -2.10. The van der Waals surface area contributed by atoms with Gasteiger partial charge in [0.1, 0.15) is 17.1 Å². The summed E-state index contributed by atoms with van der Waals surface area (Å²) < 4.78 is 12.7. The van der Waals surface area contributed by atoms with E-state index in [4.69, 9.17) is 9.47 Å². The van der Waals surface area contributed by atoms with Crippen LogP contribution in [0.3, 0.4) is 0 Å². The van der Waals surface area contributed by atoms with Crippen molar-refractivity contribution in [2.75, 3.05) is 19.0 Å². The molecular weight excluding hydrogens is 318 g/mol. The smallest absolute Gasteiger partial charge is 0.224 e. The molecule has 0 unspecified atom stereocenters. The lowest BCUT2D eigenvalue weighted by molar-refractivity contribution is -0.116. The minimum Gasteiger partial charge on any atom is -0.497 e. The summed E-state index contributed by atoms with van der Waals surface area (Å²) in [5.41, 5.74) is 2.62. The molecule has 0 saturated heterocycles. The van der Waals surface area contributed by atoms with Crippen LogP contribution in [0.5, 0.6) is 11.5 Å². The molecule has 0 aliphatic heterocycles. The van der Waals surface area contributed by atoms with Gasteiger partial charge in [0.25, 0.3) is 0 Å². The average Bonchev–Trinajstić information content (AvgIpc) is 3.11. The molecule has 0 aliphatic rings. The van der Waals surface area contributed by atoms with Gasteiger partial charge >= 0.3 is 0 Å². The summed E-state index contributed by atoms with van der Waals surface area (Å²) >= 11 is 0. The summed E-state index contributed by atoms with van der Waals surface area (Å²) in [6, 6.07) is 11.2. The molecule has 0 bridgehead atoms. The van der Waals surface area contributed by atoms with Gasteiger partial charge in [0.15, 0.2) is 0 Å². The van der Waals surface area contributed by atoms with Gasteiger partial charge in [-0.05, 0) is 49.7 Å². The Balaban J connectivity index is 1.46. The first-order valence-corrected chi connectivity index (χ1v) is 8.17. The maximum Gasteiger partial charge on any atom is 0.224 e. The number of anilines is 1. The number of hydrogen-bond donors (Lipinski definition) is 1. The topological polar surface area (TPSA) is 64.9 Å². The van der Waals surface area contributed by atoms with Crippen molar-refractivity contribution in [3.8, 4) is 11.5 Å². The van der Waals surface area contributed by atoms with Gasteiger partial charge in [-0.1, -0.05) is 0 Å². The fraction of sp³-hybridized carbons (Fsp3) is 0.263. The largest absolute Gasteiger partial charge is 0.497 e. The molecule has 1 aromatic carbocycles. The summed E-state index contributed by atoms with van der Waals surface area (Å²) in [4.78, 5) is 16.4. The third-order valence-corrected chi connectivity index (χ3v) is 3.97. The number of carbonyl (C=O) groups excluding carboxylic acids is 1. The van der Waals surface area contributed by atoms with E-state index in [2.05, 4.69) is 10.3 Å². The predicted molar refractivity (Wildman–Crippen MR) is 96.3 cm³/mol. The average molecular weight is 339 g/mol. The van der Waals surface area contributed by atoms with Crippen molar-refractivity contribution >= 4 is 17.2 Å². The molecule has 0 aliphatic carbocycles. The Morgan fingerprint density at radius 1 is 1.16 bits per heavy atom. The second-order valence-electron chi connectivity index (χ2n) is 5.66. The van der Waals surface area contributed by atoms with Crippen LogP contribution >= 0.6 is 0 Å². The number of nitrogens with zero attached hydrogens (tertiary/aromatic N) is 2. The Morgan fingerprint density at radius 3 is 2.68 bits per heavy atom. The Hall–Kier alpha value is -3.02. The summed E-state index contributed by atoms with van der Waals surface area (Å²) in [5.74, 6) is 1.53. The highest BCUT2D eigenvalue weighted by atomic mass is 16.5. The first kappa shape index (κ1) is 16.8. The monoisotopic (exact) mass is 339 g/mol. The zero-order valence-corrected chi connectivity index (χ0v) is 14.4. The first-order valence-electron chi connectivity index (χ1n) is 8.17. The number of carbonyl (C=O) groups is 1. The number of aryl methyl sites for hydroxylation is 1. The van der Waals surface area contributed by atoms with E-state index in [1.54, 1.807) is 13.3 Å². The number of methoxy groups -OCH3 is 1. The molecule has 3 rings (SSSR count). The van der Waals surface area contributed by atoms with Crippen molar-refractivity contribution in [2.24, 2.45) is 0 Å². The first-order chi connectivity index (χ1) is 12.2. The van der Waals surface area contributed by atoms with Crippen LogP contribution in [-0.4, -0.2) is 29.0 Å². The van der Waals surface area contributed by atoms with Gasteiger partial charge in [-0.2, -0.15) is 0 Å². The van der Waals surface area contributed by atoms with Crippen molar-refractivity contribution in [2.45, 2.75) is 19.8 Å². The highest BCUT2D eigenvalue weighted by Crippen LogP contribution is 2.18. The minimum absolute atomic E-state index is 0.0269. The van der Waals surface area contributed by atoms with Gasteiger partial charge in [0.2, 0.25) is 5.91 Å². The SMILES string of the molecule is COc1ccc(OCCCC(=O)Nc2ccc3nccn3c2C)cc1. The van der Waals surface area contributed by atoms with Crippen LogP contribution < -0.4 is 14.8 Å². The van der Waals surface area contributed by atoms with Gasteiger partial charge in [0.05, 0.1) is 19.4 Å². The Morgan fingerprint density at radius 2 is 1.92 bits per heavy atom. The van der Waals surface area contributed by atoms with E-state index < -0.39 is 0 Å². The lowest BCUT2D eigenvalue weighted by Crippen LogP contribution is -2.14. The summed E-state index contributed by atoms with van der Waals surface area (Å²) in [6.07, 6.45) is 4.66. The Kier molecular flexibility index (Phi) is 5.18. The van der Waals surface area contributed by atoms with Crippen LogP contribution in [0.1, 0.15) is 18.5 Å². The number of ether oxygens (including phenoxy) is 2. The third-order valence-electron chi connectivity index (χ3n) is 3.97. The fourth-order valence-electron chi connectivity index (χ4n) is 2.57. The van der Waals surface area contributed by atoms with Crippen molar-refractivity contribution in [1.82, 2.24) is 9.38 Å². The number of hydrogen-bond acceptors (Lipinski definition) is 4. The molecule has 6 nitrogen and oxygen atoms in total. The van der Waals surface area contributed by atoms with Gasteiger partial charge in [0, 0.05) is 24.5 Å². The molecule has 130 valence electrons. The number of benzene rings is 1. The van der Waals surface area contributed by atoms with E-state index in [1.807, 2.05) is 53.9 Å². The van der Waals surface area contributed by atoms with Crippen LogP contribution in [0.25, 0.3) is 5.65 Å². The molecule has 0 spiro atoms. The molecule has 2 heterocycles. The maximum absolute atomic E-state index is 12.1. The fourth-order valence-corrected chi connectivity index (χ4v) is 2.57. The Labute approximate surface area is 146 Å². The van der Waals surface area contributed by atoms with E-state index in [-0.39, 0.29) is 5.91 Å². The van der Waals surface area contributed by atoms with E-state index >= 15 is 0 Å². The van der Waals surface area contributed by atoms with Gasteiger partial charge < -0.3 is 19.2 Å². The van der Waals surface area contributed by atoms with Gasteiger partial charge in [-0.25, -0.2) is 4.98 Å². The Bertz CT molecular complexity index is 856. The van der Waals surface area contributed by atoms with Crippen molar-refractivity contribution < 1.29 is 14.3 Å². The number of imidazole rings is 1. The molecule has 1 amide bonds. The molecule has 2 aromatic heterocycles. The van der Waals surface area contributed by atoms with Crippen molar-refractivity contribution in [3.63, 3.8) is 0 Å². The van der Waals surface area contributed by atoms with E-state index in [0.717, 1.165) is 28.5 Å². The number of pyridine rings is 1. The highest BCUT2D eigenvalue weighted by molar-refractivity contribution is 5.91. The second kappa shape index (κ2) is 7.70. The summed E-state index contributed by atoms with van der Waals surface area (Å²) in [6.45, 7) is 2.44. The quantitative estimate of drug-likeness (QED) is 0.670. The zero-order chi connectivity index (χ0) is 17.6. The predicted octanol–water partition coefficient (Wildman–Crippen LogP) is 3.45. The molecule has 0 radical (unpaired) electrons. The maximum atomic E-state index is 12.1. The highest BCUT2D eigenvalue weighted by Gasteiger charge is 2.08. The zero-order valence-electron chi connectivity index (χ0n) is 14.4. The van der Waals surface area contributed by atoms with Crippen LogP contribution in [-0.2, 0) is 4.79 Å². The van der Waals surface area contributed by atoms with Gasteiger partial charge in [-0.3, -0.25) is 4.79 Å². The third kappa shape index (κ3) is 4.09. The summed E-state index contributed by atoms with van der Waals surface area (Å²) in [7, 11) is 1.63. The molecule has 0 atom stereocenters. The van der Waals surface area contributed by atoms with Crippen molar-refractivity contribution in [1.29, 1.82) is 0 Å². The number of aromatic nitrogens is 2. The molecule has 0 saturated carbocycles. The molecule has 3 aromatic rings. The van der Waals surface area contributed by atoms with Crippen LogP contribution in [0.4, 0.5) is 5.69 Å².